The summed E-state index contributed by atoms with van der Waals surface area (Å²) in [5.41, 5.74) is 1.53. The van der Waals surface area contributed by atoms with Crippen molar-refractivity contribution in [1.82, 2.24) is 0 Å². The summed E-state index contributed by atoms with van der Waals surface area (Å²) < 4.78 is 10.8. The maximum Gasteiger partial charge on any atom is 0.348 e. The molecule has 0 atom stereocenters. The minimum absolute atomic E-state index is 0.158. The number of ether oxygens (including phenoxy) is 2. The lowest BCUT2D eigenvalue weighted by Crippen LogP contribution is -2.02. The molecule has 2 aromatic carbocycles. The number of carbonyl (C=O) groups is 2. The number of hydrogen-bond acceptors (Lipinski definition) is 5. The minimum Gasteiger partial charge on any atom is -0.488 e. The van der Waals surface area contributed by atoms with Gasteiger partial charge >= 0.3 is 5.97 Å². The van der Waals surface area contributed by atoms with Crippen LogP contribution in [0.3, 0.4) is 0 Å². The molecule has 1 aromatic heterocycles. The molecule has 0 radical (unpaired) electrons. The average molecular weight is 392 g/mol. The Kier molecular flexibility index (Phi) is 6.76. The lowest BCUT2D eigenvalue weighted by atomic mass is 10.1. The van der Waals surface area contributed by atoms with E-state index in [4.69, 9.17) is 9.47 Å². The Morgan fingerprint density at radius 2 is 1.71 bits per heavy atom. The number of ketones is 1. The number of allylic oxidation sites excluding steroid dienone is 1. The van der Waals surface area contributed by atoms with Gasteiger partial charge in [-0.1, -0.05) is 42.5 Å². The van der Waals surface area contributed by atoms with Crippen molar-refractivity contribution in [2.45, 2.75) is 13.5 Å². The number of hydrogen-bond donors (Lipinski definition) is 0. The third kappa shape index (κ3) is 5.18. The molecule has 0 aliphatic carbocycles. The number of thiophene rings is 1. The Morgan fingerprint density at radius 1 is 0.964 bits per heavy atom. The molecule has 3 rings (SSSR count). The Labute approximate surface area is 168 Å². The minimum atomic E-state index is -0.349. The van der Waals surface area contributed by atoms with Crippen LogP contribution in [0.15, 0.2) is 72.8 Å². The summed E-state index contributed by atoms with van der Waals surface area (Å²) in [6.45, 7) is 2.49. The van der Waals surface area contributed by atoms with E-state index in [-0.39, 0.29) is 11.8 Å². The van der Waals surface area contributed by atoms with E-state index in [9.17, 15) is 9.59 Å². The molecule has 0 amide bonds. The van der Waals surface area contributed by atoms with E-state index in [0.29, 0.717) is 29.4 Å². The average Bonchev–Trinajstić information content (AvgIpc) is 3.21. The number of rotatable bonds is 8. The number of para-hydroxylation sites is 1. The van der Waals surface area contributed by atoms with Crippen molar-refractivity contribution in [2.75, 3.05) is 6.61 Å². The Bertz CT molecular complexity index is 973. The highest BCUT2D eigenvalue weighted by atomic mass is 32.1. The summed E-state index contributed by atoms with van der Waals surface area (Å²) >= 11 is 1.29. The molecule has 0 N–H and O–H groups in total. The van der Waals surface area contributed by atoms with E-state index >= 15 is 0 Å². The molecule has 142 valence electrons. The largest absolute Gasteiger partial charge is 0.488 e. The van der Waals surface area contributed by atoms with E-state index in [2.05, 4.69) is 0 Å². The van der Waals surface area contributed by atoms with Crippen molar-refractivity contribution in [3.05, 3.63) is 93.7 Å². The summed E-state index contributed by atoms with van der Waals surface area (Å²) in [6.07, 6.45) is 3.19. The number of benzene rings is 2. The van der Waals surface area contributed by atoms with Crippen molar-refractivity contribution in [2.24, 2.45) is 0 Å². The summed E-state index contributed by atoms with van der Waals surface area (Å²) in [5.74, 6) is 0.0345. The van der Waals surface area contributed by atoms with Crippen LogP contribution in [0.4, 0.5) is 0 Å². The molecule has 5 heteroatoms. The van der Waals surface area contributed by atoms with Gasteiger partial charge < -0.3 is 9.47 Å². The highest BCUT2D eigenvalue weighted by Crippen LogP contribution is 2.22. The van der Waals surface area contributed by atoms with Gasteiger partial charge in [-0.25, -0.2) is 4.79 Å². The van der Waals surface area contributed by atoms with Crippen molar-refractivity contribution in [3.8, 4) is 5.75 Å². The van der Waals surface area contributed by atoms with Crippen molar-refractivity contribution in [1.29, 1.82) is 0 Å². The van der Waals surface area contributed by atoms with Crippen molar-refractivity contribution < 1.29 is 19.1 Å². The van der Waals surface area contributed by atoms with E-state index in [1.807, 2.05) is 36.4 Å². The normalized spacial score (nSPS) is 10.8. The highest BCUT2D eigenvalue weighted by Gasteiger charge is 2.11. The van der Waals surface area contributed by atoms with E-state index in [1.54, 1.807) is 43.3 Å². The molecule has 0 unspecified atom stereocenters. The molecule has 0 saturated heterocycles. The topological polar surface area (TPSA) is 52.6 Å². The van der Waals surface area contributed by atoms with E-state index in [1.165, 1.54) is 17.4 Å². The fourth-order valence-corrected chi connectivity index (χ4v) is 3.34. The molecule has 1 heterocycles. The van der Waals surface area contributed by atoms with Crippen LogP contribution in [-0.4, -0.2) is 18.4 Å². The zero-order valence-corrected chi connectivity index (χ0v) is 16.3. The second kappa shape index (κ2) is 9.67. The van der Waals surface area contributed by atoms with Crippen LogP contribution in [0.25, 0.3) is 6.08 Å². The molecule has 4 nitrogen and oxygen atoms in total. The number of esters is 1. The van der Waals surface area contributed by atoms with Gasteiger partial charge in [0.05, 0.1) is 12.2 Å². The zero-order valence-electron chi connectivity index (χ0n) is 15.5. The van der Waals surface area contributed by atoms with Gasteiger partial charge in [-0.15, -0.1) is 11.3 Å². The number of carbonyl (C=O) groups excluding carboxylic acids is 2. The van der Waals surface area contributed by atoms with Crippen LogP contribution in [0, 0.1) is 0 Å². The molecule has 0 fully saturated rings. The maximum absolute atomic E-state index is 12.6. The third-order valence-electron chi connectivity index (χ3n) is 3.89. The van der Waals surface area contributed by atoms with Gasteiger partial charge in [0.1, 0.15) is 17.2 Å². The van der Waals surface area contributed by atoms with Gasteiger partial charge in [0.2, 0.25) is 0 Å². The van der Waals surface area contributed by atoms with Gasteiger partial charge in [0.15, 0.2) is 5.78 Å². The monoisotopic (exact) mass is 392 g/mol. The lowest BCUT2D eigenvalue weighted by molar-refractivity contribution is 0.0532. The predicted molar refractivity (Wildman–Crippen MR) is 111 cm³/mol. The first-order chi connectivity index (χ1) is 13.7. The van der Waals surface area contributed by atoms with Crippen LogP contribution in [0.5, 0.6) is 5.75 Å². The predicted octanol–water partition coefficient (Wildman–Crippen LogP) is 5.40. The lowest BCUT2D eigenvalue weighted by Gasteiger charge is -2.09. The van der Waals surface area contributed by atoms with Gasteiger partial charge in [0, 0.05) is 4.88 Å². The summed E-state index contributed by atoms with van der Waals surface area (Å²) in [4.78, 5) is 25.7. The first kappa shape index (κ1) is 19.6. The SMILES string of the molecule is CCOC(=O)c1ccc(C=CC(=O)c2ccccc2OCc2ccccc2)s1. The van der Waals surface area contributed by atoms with Crippen LogP contribution in [0.2, 0.25) is 0 Å². The fraction of sp³-hybridized carbons (Fsp3) is 0.130. The van der Waals surface area contributed by atoms with Gasteiger partial charge in [-0.05, 0) is 48.9 Å². The molecule has 0 bridgehead atoms. The summed E-state index contributed by atoms with van der Waals surface area (Å²) in [7, 11) is 0. The Hall–Kier alpha value is -3.18. The quantitative estimate of drug-likeness (QED) is 0.293. The smallest absolute Gasteiger partial charge is 0.348 e. The van der Waals surface area contributed by atoms with Gasteiger partial charge in [-0.3, -0.25) is 4.79 Å². The molecule has 3 aromatic rings. The van der Waals surface area contributed by atoms with Crippen LogP contribution < -0.4 is 4.74 Å². The molecular formula is C23H20O4S. The standard InChI is InChI=1S/C23H20O4S/c1-2-26-23(25)22-15-13-18(28-22)12-14-20(24)19-10-6-7-11-21(19)27-16-17-8-4-3-5-9-17/h3-15H,2,16H2,1H3. The van der Waals surface area contributed by atoms with Crippen molar-refractivity contribution in [3.63, 3.8) is 0 Å². The zero-order chi connectivity index (χ0) is 19.8. The van der Waals surface area contributed by atoms with Crippen molar-refractivity contribution >= 4 is 29.2 Å². The Morgan fingerprint density at radius 3 is 2.50 bits per heavy atom. The first-order valence-corrected chi connectivity index (χ1v) is 9.74. The molecule has 0 spiro atoms. The van der Waals surface area contributed by atoms with Gasteiger partial charge in [0.25, 0.3) is 0 Å². The molecule has 28 heavy (non-hydrogen) atoms. The Balaban J connectivity index is 1.69. The van der Waals surface area contributed by atoms with E-state index in [0.717, 1.165) is 10.4 Å². The summed E-state index contributed by atoms with van der Waals surface area (Å²) in [5, 5.41) is 0. The van der Waals surface area contributed by atoms with Crippen LogP contribution in [0.1, 0.15) is 37.4 Å². The molecular weight excluding hydrogens is 372 g/mol. The third-order valence-corrected chi connectivity index (χ3v) is 4.92. The highest BCUT2D eigenvalue weighted by molar-refractivity contribution is 7.14. The summed E-state index contributed by atoms with van der Waals surface area (Å²) in [6, 6.07) is 20.5. The molecule has 0 aliphatic rings. The maximum atomic E-state index is 12.6. The molecule has 0 saturated carbocycles. The van der Waals surface area contributed by atoms with E-state index < -0.39 is 0 Å². The second-order valence-corrected chi connectivity index (χ2v) is 7.01. The van der Waals surface area contributed by atoms with Crippen LogP contribution >= 0.6 is 11.3 Å². The second-order valence-electron chi connectivity index (χ2n) is 5.89. The van der Waals surface area contributed by atoms with Gasteiger partial charge in [-0.2, -0.15) is 0 Å². The molecule has 0 aliphatic heterocycles. The fourth-order valence-electron chi connectivity index (χ4n) is 2.53. The first-order valence-electron chi connectivity index (χ1n) is 8.92. The van der Waals surface area contributed by atoms with Crippen LogP contribution in [-0.2, 0) is 11.3 Å².